The van der Waals surface area contributed by atoms with Crippen LogP contribution < -0.4 is 10.7 Å². The molecule has 11 heteroatoms. The van der Waals surface area contributed by atoms with E-state index in [1.165, 1.54) is 17.1 Å². The Hall–Kier alpha value is -3.74. The Balaban J connectivity index is 0.000000229. The maximum atomic E-state index is 4.80. The first-order valence-electron chi connectivity index (χ1n) is 12.8. The quantitative estimate of drug-likeness (QED) is 0.159. The molecule has 1 N–H and O–H groups in total. The van der Waals surface area contributed by atoms with Gasteiger partial charge < -0.3 is 4.98 Å². The van der Waals surface area contributed by atoms with E-state index < -0.39 is 18.7 Å². The molecule has 0 aliphatic heterocycles. The average molecular weight is 681 g/mol. The molecule has 3 aromatic carbocycles. The van der Waals surface area contributed by atoms with Crippen molar-refractivity contribution in [2.24, 2.45) is 0 Å². The molecule has 0 saturated heterocycles. The third-order valence-electron chi connectivity index (χ3n) is 6.81. The van der Waals surface area contributed by atoms with E-state index in [4.69, 9.17) is 9.97 Å². The third-order valence-corrected chi connectivity index (χ3v) is 21.2. The molecule has 4 aromatic heterocycles. The Kier molecular flexibility index (Phi) is 8.31. The van der Waals surface area contributed by atoms with Crippen LogP contribution in [0.15, 0.2) is 126 Å². The predicted molar refractivity (Wildman–Crippen MR) is 170 cm³/mol. The second-order valence-electron chi connectivity index (χ2n) is 8.96. The first kappa shape index (κ1) is 27.4. The fourth-order valence-corrected chi connectivity index (χ4v) is 19.1. The minimum Gasteiger partial charge on any atom is -0.341 e. The first-order chi connectivity index (χ1) is 20.3. The van der Waals surface area contributed by atoms with Gasteiger partial charge in [0.2, 0.25) is 0 Å². The van der Waals surface area contributed by atoms with Gasteiger partial charge in [-0.05, 0) is 6.26 Å². The van der Waals surface area contributed by atoms with E-state index in [1.807, 2.05) is 18.8 Å². The van der Waals surface area contributed by atoms with E-state index in [0.29, 0.717) is 0 Å². The Labute approximate surface area is 250 Å². The van der Waals surface area contributed by atoms with Crippen LogP contribution in [-0.4, -0.2) is 68.8 Å². The zero-order valence-corrected chi connectivity index (χ0v) is 26.9. The van der Waals surface area contributed by atoms with Crippen LogP contribution >= 0.6 is 23.5 Å². The molecule has 8 nitrogen and oxygen atoms in total. The van der Waals surface area contributed by atoms with Crippen molar-refractivity contribution in [2.45, 2.75) is 10.1 Å². The maximum Gasteiger partial charge on any atom is 0.181 e. The fourth-order valence-electron chi connectivity index (χ4n) is 5.06. The van der Waals surface area contributed by atoms with Crippen LogP contribution in [0.2, 0.25) is 0 Å². The zero-order chi connectivity index (χ0) is 28.1. The summed E-state index contributed by atoms with van der Waals surface area (Å²) in [6.07, 6.45) is 10.8. The molecule has 0 fully saturated rings. The molecule has 0 unspecified atom stereocenters. The van der Waals surface area contributed by atoms with Gasteiger partial charge in [0.25, 0.3) is 0 Å². The average Bonchev–Trinajstić information content (AvgIpc) is 3.71. The summed E-state index contributed by atoms with van der Waals surface area (Å²) in [6, 6.07) is 32.6. The van der Waals surface area contributed by atoms with Crippen molar-refractivity contribution in [1.29, 1.82) is 0 Å². The number of aromatic amines is 1. The normalized spacial score (nSPS) is 11.4. The molecular formula is C30H26N8S2Sn. The number of aromatic nitrogens is 8. The number of H-pyrrole nitrogens is 1. The largest absolute Gasteiger partial charge is 0.341 e. The van der Waals surface area contributed by atoms with Gasteiger partial charge in [-0.15, -0.1) is 11.8 Å². The number of fused-ring (bicyclic) bond motifs is 2. The fraction of sp³-hybridized carbons (Fsp3) is 0.0667. The number of hydrogen-bond donors (Lipinski definition) is 1. The van der Waals surface area contributed by atoms with E-state index >= 15 is 0 Å². The van der Waals surface area contributed by atoms with E-state index in [0.717, 1.165) is 32.4 Å². The van der Waals surface area contributed by atoms with Gasteiger partial charge in [-0.2, -0.15) is 0 Å². The van der Waals surface area contributed by atoms with E-state index in [-0.39, 0.29) is 0 Å². The summed E-state index contributed by atoms with van der Waals surface area (Å²) in [5, 5.41) is 1.85. The van der Waals surface area contributed by atoms with Gasteiger partial charge in [0.15, 0.2) is 5.65 Å². The van der Waals surface area contributed by atoms with Gasteiger partial charge in [0.05, 0.1) is 6.33 Å². The SMILES string of the molecule is CSc1ncnc2c1nc[n]2[Sn]([c]1ccccc1)([c]1ccccc1)[c]1ccccc1.CSc1ncnc2nc[nH]c12. The molecular weight excluding hydrogens is 655 g/mol. The van der Waals surface area contributed by atoms with Gasteiger partial charge in [-0.1, -0.05) is 0 Å². The summed E-state index contributed by atoms with van der Waals surface area (Å²) in [7, 11) is 0. The van der Waals surface area contributed by atoms with E-state index in [1.54, 1.807) is 36.2 Å². The molecule has 7 rings (SSSR count). The van der Waals surface area contributed by atoms with Crippen molar-refractivity contribution in [3.05, 3.63) is 116 Å². The Bertz CT molecular complexity index is 1780. The second-order valence-corrected chi connectivity index (χ2v) is 20.9. The first-order valence-corrected chi connectivity index (χ1v) is 20.8. The minimum atomic E-state index is -3.75. The number of nitrogens with one attached hydrogen (secondary N) is 1. The number of rotatable bonds is 6. The molecule has 0 aliphatic rings. The maximum absolute atomic E-state index is 4.80. The van der Waals surface area contributed by atoms with Gasteiger partial charge >= 0.3 is 185 Å². The second kappa shape index (κ2) is 12.4. The summed E-state index contributed by atoms with van der Waals surface area (Å²) in [5.74, 6) is 0. The van der Waals surface area contributed by atoms with Crippen molar-refractivity contribution in [1.82, 2.24) is 37.7 Å². The number of thioether (sulfide) groups is 2. The van der Waals surface area contributed by atoms with E-state index in [2.05, 4.69) is 119 Å². The summed E-state index contributed by atoms with van der Waals surface area (Å²) in [4.78, 5) is 29.0. The van der Waals surface area contributed by atoms with Gasteiger partial charge in [-0.25, -0.2) is 15.0 Å². The van der Waals surface area contributed by atoms with Crippen LogP contribution in [-0.2, 0) is 0 Å². The molecule has 0 bridgehead atoms. The molecule has 202 valence electrons. The predicted octanol–water partition coefficient (Wildman–Crippen LogP) is 4.14. The minimum absolute atomic E-state index is 0.726. The van der Waals surface area contributed by atoms with Crippen molar-refractivity contribution in [3.63, 3.8) is 0 Å². The Morgan fingerprint density at radius 1 is 0.610 bits per heavy atom. The number of benzene rings is 3. The molecule has 41 heavy (non-hydrogen) atoms. The Morgan fingerprint density at radius 3 is 1.71 bits per heavy atom. The van der Waals surface area contributed by atoms with Crippen LogP contribution in [0, 0.1) is 0 Å². The smallest absolute Gasteiger partial charge is 0.181 e. The Morgan fingerprint density at radius 2 is 1.15 bits per heavy atom. The van der Waals surface area contributed by atoms with Crippen molar-refractivity contribution in [3.8, 4) is 0 Å². The van der Waals surface area contributed by atoms with Crippen LogP contribution in [0.3, 0.4) is 0 Å². The molecule has 0 radical (unpaired) electrons. The molecule has 4 heterocycles. The monoisotopic (exact) mass is 682 g/mol. The van der Waals surface area contributed by atoms with Crippen LogP contribution in [0.5, 0.6) is 0 Å². The zero-order valence-electron chi connectivity index (χ0n) is 22.4. The van der Waals surface area contributed by atoms with Crippen molar-refractivity contribution < 1.29 is 0 Å². The molecule has 0 atom stereocenters. The van der Waals surface area contributed by atoms with Crippen LogP contribution in [0.25, 0.3) is 22.3 Å². The summed E-state index contributed by atoms with van der Waals surface area (Å²) in [6.45, 7) is 0. The molecule has 7 aromatic rings. The topological polar surface area (TPSA) is 98.1 Å². The van der Waals surface area contributed by atoms with Crippen LogP contribution in [0.1, 0.15) is 0 Å². The van der Waals surface area contributed by atoms with Gasteiger partial charge in [0, 0.05) is 0 Å². The summed E-state index contributed by atoms with van der Waals surface area (Å²) >= 11 is -0.567. The molecule has 0 spiro atoms. The van der Waals surface area contributed by atoms with Gasteiger partial charge in [-0.3, -0.25) is 0 Å². The molecule has 0 saturated carbocycles. The number of imidazole rings is 2. The van der Waals surface area contributed by atoms with Crippen LogP contribution in [0.4, 0.5) is 0 Å². The standard InChI is InChI=1S/C6H6N4S.C6H5N4S.3C6H5.Sn/c2*1-11-6-4-5(8-2-7-4)9-3-10-6;3*1-2-4-6-5-3-1;/h2-3H,1H3,(H,7,8,9,10);2-3H,1H3;3*1-5H;/q;-1;;;;+1. The molecule has 0 aliphatic carbocycles. The van der Waals surface area contributed by atoms with E-state index in [9.17, 15) is 0 Å². The number of nitrogens with zero attached hydrogens (tertiary/aromatic N) is 7. The number of hydrogen-bond acceptors (Lipinski definition) is 8. The van der Waals surface area contributed by atoms with Crippen molar-refractivity contribution >= 4 is 75.2 Å². The molecule has 0 amide bonds. The summed E-state index contributed by atoms with van der Waals surface area (Å²) in [5.41, 5.74) is 3.42. The third kappa shape index (κ3) is 5.11. The van der Waals surface area contributed by atoms with Crippen molar-refractivity contribution in [2.75, 3.05) is 12.5 Å². The van der Waals surface area contributed by atoms with Gasteiger partial charge in [0.1, 0.15) is 16.9 Å². The summed E-state index contributed by atoms with van der Waals surface area (Å²) < 4.78 is 6.46.